The quantitative estimate of drug-likeness (QED) is 0.786. The van der Waals surface area contributed by atoms with Crippen LogP contribution in [0.1, 0.15) is 10.4 Å². The summed E-state index contributed by atoms with van der Waals surface area (Å²) in [5.74, 6) is 1.15. The van der Waals surface area contributed by atoms with Crippen LogP contribution in [-0.4, -0.2) is 36.5 Å². The number of thioether (sulfide) groups is 1. The molecular formula is C12H15Cl2N3O2S. The van der Waals surface area contributed by atoms with Crippen LogP contribution in [0.3, 0.4) is 0 Å². The van der Waals surface area contributed by atoms with E-state index in [0.29, 0.717) is 16.3 Å². The Labute approximate surface area is 132 Å². The molecule has 5 nitrogen and oxygen atoms in total. The number of carbonyl (C=O) groups excluding carboxylic acids is 2. The topological polar surface area (TPSA) is 70.2 Å². The molecule has 0 bridgehead atoms. The maximum Gasteiger partial charge on any atom is 0.252 e. The number of hydrogen-bond donors (Lipinski definition) is 3. The minimum Gasteiger partial charge on any atom is -0.355 e. The standard InChI is InChI=1S/C12H14ClN3O2S.ClH/c1-14-11(17)8-4-7(2-3-9(8)13)16-12(18)10-5-19-6-15-10;/h2-4,10,15H,5-6H2,1H3,(H,14,17)(H,16,18);1H. The van der Waals surface area contributed by atoms with Gasteiger partial charge in [0.15, 0.2) is 0 Å². The Morgan fingerprint density at radius 2 is 2.20 bits per heavy atom. The second-order valence-electron chi connectivity index (χ2n) is 4.03. The normalized spacial score (nSPS) is 17.2. The lowest BCUT2D eigenvalue weighted by Gasteiger charge is -2.12. The number of hydrogen-bond acceptors (Lipinski definition) is 4. The minimum absolute atomic E-state index is 0. The first kappa shape index (κ1) is 17.1. The number of nitrogens with one attached hydrogen (secondary N) is 3. The molecule has 0 saturated carbocycles. The Morgan fingerprint density at radius 1 is 1.45 bits per heavy atom. The van der Waals surface area contributed by atoms with Gasteiger partial charge in [0, 0.05) is 24.4 Å². The molecule has 1 aromatic carbocycles. The van der Waals surface area contributed by atoms with Gasteiger partial charge >= 0.3 is 0 Å². The van der Waals surface area contributed by atoms with E-state index in [9.17, 15) is 9.59 Å². The molecule has 8 heteroatoms. The first-order chi connectivity index (χ1) is 9.11. The summed E-state index contributed by atoms with van der Waals surface area (Å²) in [5, 5.41) is 8.72. The zero-order chi connectivity index (χ0) is 13.8. The van der Waals surface area contributed by atoms with E-state index >= 15 is 0 Å². The van der Waals surface area contributed by atoms with Crippen LogP contribution in [0.15, 0.2) is 18.2 Å². The Balaban J connectivity index is 0.00000200. The summed E-state index contributed by atoms with van der Waals surface area (Å²) < 4.78 is 0. The van der Waals surface area contributed by atoms with E-state index in [4.69, 9.17) is 11.6 Å². The third-order valence-electron chi connectivity index (χ3n) is 2.74. The van der Waals surface area contributed by atoms with Gasteiger partial charge in [-0.15, -0.1) is 24.2 Å². The van der Waals surface area contributed by atoms with Crippen LogP contribution >= 0.6 is 35.8 Å². The summed E-state index contributed by atoms with van der Waals surface area (Å²) in [7, 11) is 1.53. The van der Waals surface area contributed by atoms with Crippen molar-refractivity contribution >= 4 is 53.3 Å². The molecule has 1 aliphatic rings. The van der Waals surface area contributed by atoms with Crippen LogP contribution < -0.4 is 16.0 Å². The van der Waals surface area contributed by atoms with Crippen molar-refractivity contribution in [2.45, 2.75) is 6.04 Å². The van der Waals surface area contributed by atoms with Crippen LogP contribution in [0.25, 0.3) is 0 Å². The van der Waals surface area contributed by atoms with E-state index in [0.717, 1.165) is 11.6 Å². The van der Waals surface area contributed by atoms with E-state index in [1.807, 2.05) is 0 Å². The highest BCUT2D eigenvalue weighted by molar-refractivity contribution is 7.99. The second-order valence-corrected chi connectivity index (χ2v) is 5.47. The number of halogens is 2. The Morgan fingerprint density at radius 3 is 2.80 bits per heavy atom. The van der Waals surface area contributed by atoms with E-state index in [1.54, 1.807) is 30.0 Å². The van der Waals surface area contributed by atoms with Gasteiger partial charge in [-0.1, -0.05) is 11.6 Å². The van der Waals surface area contributed by atoms with E-state index in [2.05, 4.69) is 16.0 Å². The molecule has 1 saturated heterocycles. The highest BCUT2D eigenvalue weighted by Crippen LogP contribution is 2.21. The number of benzene rings is 1. The molecule has 0 aromatic heterocycles. The van der Waals surface area contributed by atoms with Gasteiger partial charge in [-0.2, -0.15) is 0 Å². The highest BCUT2D eigenvalue weighted by atomic mass is 35.5. The summed E-state index contributed by atoms with van der Waals surface area (Å²) in [6.45, 7) is 0. The smallest absolute Gasteiger partial charge is 0.252 e. The lowest BCUT2D eigenvalue weighted by molar-refractivity contribution is -0.117. The highest BCUT2D eigenvalue weighted by Gasteiger charge is 2.22. The lowest BCUT2D eigenvalue weighted by atomic mass is 10.1. The van der Waals surface area contributed by atoms with Crippen LogP contribution in [0.4, 0.5) is 5.69 Å². The number of rotatable bonds is 3. The molecule has 1 unspecified atom stereocenters. The summed E-state index contributed by atoms with van der Waals surface area (Å²) in [4.78, 5) is 23.5. The van der Waals surface area contributed by atoms with Crippen molar-refractivity contribution < 1.29 is 9.59 Å². The molecule has 20 heavy (non-hydrogen) atoms. The molecule has 110 valence electrons. The molecule has 3 N–H and O–H groups in total. The van der Waals surface area contributed by atoms with Crippen molar-refractivity contribution in [3.8, 4) is 0 Å². The van der Waals surface area contributed by atoms with Crippen LogP contribution in [0.2, 0.25) is 5.02 Å². The van der Waals surface area contributed by atoms with Crippen molar-refractivity contribution in [2.24, 2.45) is 0 Å². The first-order valence-electron chi connectivity index (χ1n) is 5.75. The zero-order valence-electron chi connectivity index (χ0n) is 10.7. The van der Waals surface area contributed by atoms with Crippen molar-refractivity contribution in [1.29, 1.82) is 0 Å². The average molecular weight is 336 g/mol. The van der Waals surface area contributed by atoms with Crippen molar-refractivity contribution in [3.05, 3.63) is 28.8 Å². The predicted octanol–water partition coefficient (Wildman–Crippen LogP) is 1.72. The van der Waals surface area contributed by atoms with Gasteiger partial charge in [-0.05, 0) is 18.2 Å². The van der Waals surface area contributed by atoms with Crippen LogP contribution in [-0.2, 0) is 4.79 Å². The average Bonchev–Trinajstić information content (AvgIpc) is 2.94. The first-order valence-corrected chi connectivity index (χ1v) is 7.28. The summed E-state index contributed by atoms with van der Waals surface area (Å²) in [6.07, 6.45) is 0. The molecule has 2 rings (SSSR count). The second kappa shape index (κ2) is 7.73. The summed E-state index contributed by atoms with van der Waals surface area (Å²) in [6, 6.07) is 4.65. The number of carbonyl (C=O) groups is 2. The van der Waals surface area contributed by atoms with Crippen molar-refractivity contribution in [1.82, 2.24) is 10.6 Å². The van der Waals surface area contributed by atoms with E-state index in [-0.39, 0.29) is 30.3 Å². The van der Waals surface area contributed by atoms with E-state index in [1.165, 1.54) is 7.05 Å². The monoisotopic (exact) mass is 335 g/mol. The lowest BCUT2D eigenvalue weighted by Crippen LogP contribution is -2.37. The fourth-order valence-electron chi connectivity index (χ4n) is 1.70. The zero-order valence-corrected chi connectivity index (χ0v) is 13.1. The molecular weight excluding hydrogens is 321 g/mol. The Hall–Kier alpha value is -0.950. The van der Waals surface area contributed by atoms with Gasteiger partial charge in [0.05, 0.1) is 16.6 Å². The van der Waals surface area contributed by atoms with Gasteiger partial charge in [0.25, 0.3) is 5.91 Å². The molecule has 2 amide bonds. The van der Waals surface area contributed by atoms with Crippen molar-refractivity contribution in [3.63, 3.8) is 0 Å². The van der Waals surface area contributed by atoms with Crippen molar-refractivity contribution in [2.75, 3.05) is 24.0 Å². The minimum atomic E-state index is -0.282. The molecule has 0 spiro atoms. The third kappa shape index (κ3) is 4.02. The largest absolute Gasteiger partial charge is 0.355 e. The third-order valence-corrected chi connectivity index (χ3v) is 4.01. The number of anilines is 1. The van der Waals surface area contributed by atoms with Crippen LogP contribution in [0.5, 0.6) is 0 Å². The predicted molar refractivity (Wildman–Crippen MR) is 85.0 cm³/mol. The van der Waals surface area contributed by atoms with Gasteiger partial charge in [-0.25, -0.2) is 0 Å². The maximum absolute atomic E-state index is 11.9. The van der Waals surface area contributed by atoms with Crippen LogP contribution in [0, 0.1) is 0 Å². The van der Waals surface area contributed by atoms with Gasteiger partial charge in [0.2, 0.25) is 5.91 Å². The number of amides is 2. The molecule has 1 atom stereocenters. The Bertz CT molecular complexity index is 507. The fraction of sp³-hybridized carbons (Fsp3) is 0.333. The SMILES string of the molecule is CNC(=O)c1cc(NC(=O)C2CSCN2)ccc1Cl.Cl. The molecule has 1 heterocycles. The molecule has 1 fully saturated rings. The van der Waals surface area contributed by atoms with E-state index < -0.39 is 0 Å². The molecule has 1 aliphatic heterocycles. The maximum atomic E-state index is 11.9. The fourth-order valence-corrected chi connectivity index (χ4v) is 2.85. The van der Waals surface area contributed by atoms with Gasteiger partial charge in [0.1, 0.15) is 0 Å². The molecule has 0 aliphatic carbocycles. The Kier molecular flexibility index (Phi) is 6.61. The summed E-state index contributed by atoms with van der Waals surface area (Å²) in [5.41, 5.74) is 0.905. The summed E-state index contributed by atoms with van der Waals surface area (Å²) >= 11 is 7.62. The molecule has 1 aromatic rings. The van der Waals surface area contributed by atoms with Gasteiger partial charge < -0.3 is 10.6 Å². The molecule has 0 radical (unpaired) electrons. The van der Waals surface area contributed by atoms with Gasteiger partial charge in [-0.3, -0.25) is 14.9 Å².